The summed E-state index contributed by atoms with van der Waals surface area (Å²) < 4.78 is 10.9. The van der Waals surface area contributed by atoms with E-state index in [-0.39, 0.29) is 5.91 Å². The molecule has 0 radical (unpaired) electrons. The van der Waals surface area contributed by atoms with E-state index >= 15 is 0 Å². The van der Waals surface area contributed by atoms with Crippen molar-refractivity contribution in [1.29, 1.82) is 0 Å². The quantitative estimate of drug-likeness (QED) is 0.800. The summed E-state index contributed by atoms with van der Waals surface area (Å²) in [5.41, 5.74) is 1.70. The molecule has 2 aromatic rings. The molecule has 0 N–H and O–H groups in total. The lowest BCUT2D eigenvalue weighted by Gasteiger charge is -2.36. The van der Waals surface area contributed by atoms with E-state index in [2.05, 4.69) is 17.0 Å². The highest BCUT2D eigenvalue weighted by molar-refractivity contribution is 6.32. The Morgan fingerprint density at radius 1 is 1.12 bits per heavy atom. The fourth-order valence-corrected chi connectivity index (χ4v) is 3.38. The third-order valence-corrected chi connectivity index (χ3v) is 4.73. The van der Waals surface area contributed by atoms with Gasteiger partial charge in [-0.1, -0.05) is 29.8 Å². The Kier molecular flexibility index (Phi) is 5.89. The minimum Gasteiger partial charge on any atom is -0.493 e. The summed E-state index contributed by atoms with van der Waals surface area (Å²) >= 11 is 6.29. The van der Waals surface area contributed by atoms with E-state index < -0.39 is 0 Å². The van der Waals surface area contributed by atoms with Gasteiger partial charge in [-0.2, -0.15) is 0 Å². The monoisotopic (exact) mass is 374 g/mol. The predicted octanol–water partition coefficient (Wildman–Crippen LogP) is 3.71. The van der Waals surface area contributed by atoms with Gasteiger partial charge in [0.25, 0.3) is 5.91 Å². The van der Waals surface area contributed by atoms with Gasteiger partial charge in [-0.25, -0.2) is 0 Å². The van der Waals surface area contributed by atoms with Gasteiger partial charge in [-0.3, -0.25) is 4.79 Å². The number of benzene rings is 2. The molecule has 0 aliphatic carbocycles. The number of amides is 1. The van der Waals surface area contributed by atoms with Crippen molar-refractivity contribution in [3.05, 3.63) is 53.1 Å². The van der Waals surface area contributed by atoms with Gasteiger partial charge in [0, 0.05) is 37.4 Å². The summed E-state index contributed by atoms with van der Waals surface area (Å²) in [5.74, 6) is 0.911. The summed E-state index contributed by atoms with van der Waals surface area (Å²) in [5, 5.41) is 0.387. The molecule has 0 spiro atoms. The highest BCUT2D eigenvalue weighted by Crippen LogP contribution is 2.36. The van der Waals surface area contributed by atoms with E-state index in [1.807, 2.05) is 30.0 Å². The van der Waals surface area contributed by atoms with E-state index in [0.717, 1.165) is 13.1 Å². The first-order chi connectivity index (χ1) is 12.6. The van der Waals surface area contributed by atoms with Crippen LogP contribution < -0.4 is 14.4 Å². The number of nitrogens with zero attached hydrogens (tertiary/aromatic N) is 2. The number of carbonyl (C=O) groups is 1. The summed E-state index contributed by atoms with van der Waals surface area (Å²) in [6, 6.07) is 13.6. The standard InChI is InChI=1S/C20H23ClN2O3/c1-3-26-19-17(21)13-15(14-18(19)25-2)20(24)23-11-9-22(10-12-23)16-7-5-4-6-8-16/h4-8,13-14H,3,9-12H2,1-2H3. The number of halogens is 1. The number of para-hydroxylation sites is 1. The normalized spacial score (nSPS) is 14.3. The third kappa shape index (κ3) is 3.88. The molecule has 0 unspecified atom stereocenters. The summed E-state index contributed by atoms with van der Waals surface area (Å²) in [7, 11) is 1.54. The zero-order valence-electron chi connectivity index (χ0n) is 15.1. The molecule has 1 saturated heterocycles. The molecule has 6 heteroatoms. The van der Waals surface area contributed by atoms with Crippen LogP contribution in [0.15, 0.2) is 42.5 Å². The van der Waals surface area contributed by atoms with Crippen molar-refractivity contribution in [2.24, 2.45) is 0 Å². The first-order valence-electron chi connectivity index (χ1n) is 8.73. The molecule has 0 bridgehead atoms. The maximum Gasteiger partial charge on any atom is 0.254 e. The van der Waals surface area contributed by atoms with Crippen molar-refractivity contribution in [1.82, 2.24) is 4.90 Å². The second-order valence-electron chi connectivity index (χ2n) is 6.04. The van der Waals surface area contributed by atoms with Gasteiger partial charge in [0.15, 0.2) is 11.5 Å². The number of piperazine rings is 1. The van der Waals surface area contributed by atoms with Gasteiger partial charge in [-0.05, 0) is 31.2 Å². The van der Waals surface area contributed by atoms with Crippen LogP contribution in [0.3, 0.4) is 0 Å². The van der Waals surface area contributed by atoms with Crippen LogP contribution in [0.4, 0.5) is 5.69 Å². The van der Waals surface area contributed by atoms with Gasteiger partial charge in [0.1, 0.15) is 0 Å². The fourth-order valence-electron chi connectivity index (χ4n) is 3.12. The van der Waals surface area contributed by atoms with Crippen molar-refractivity contribution in [2.75, 3.05) is 44.8 Å². The van der Waals surface area contributed by atoms with Crippen molar-refractivity contribution in [3.8, 4) is 11.5 Å². The van der Waals surface area contributed by atoms with E-state index in [1.165, 1.54) is 5.69 Å². The Hall–Kier alpha value is -2.40. The molecule has 2 aromatic carbocycles. The molecule has 3 rings (SSSR count). The van der Waals surface area contributed by atoms with Gasteiger partial charge in [-0.15, -0.1) is 0 Å². The summed E-state index contributed by atoms with van der Waals surface area (Å²) in [4.78, 5) is 17.0. The predicted molar refractivity (Wildman–Crippen MR) is 104 cm³/mol. The molecule has 26 heavy (non-hydrogen) atoms. The Morgan fingerprint density at radius 2 is 1.81 bits per heavy atom. The van der Waals surface area contributed by atoms with Crippen LogP contribution in [0.2, 0.25) is 5.02 Å². The number of carbonyl (C=O) groups excluding carboxylic acids is 1. The van der Waals surface area contributed by atoms with Crippen LogP contribution in [0.5, 0.6) is 11.5 Å². The molecular weight excluding hydrogens is 352 g/mol. The molecule has 0 atom stereocenters. The Labute approximate surface area is 159 Å². The van der Waals surface area contributed by atoms with E-state index in [9.17, 15) is 4.79 Å². The van der Waals surface area contributed by atoms with E-state index in [4.69, 9.17) is 21.1 Å². The first kappa shape index (κ1) is 18.4. The molecule has 0 aromatic heterocycles. The van der Waals surface area contributed by atoms with Gasteiger partial charge in [0.05, 0.1) is 18.7 Å². The molecule has 1 heterocycles. The molecule has 0 saturated carbocycles. The average Bonchev–Trinajstić information content (AvgIpc) is 2.69. The topological polar surface area (TPSA) is 42.0 Å². The zero-order valence-corrected chi connectivity index (χ0v) is 15.8. The van der Waals surface area contributed by atoms with Crippen molar-refractivity contribution >= 4 is 23.2 Å². The maximum absolute atomic E-state index is 12.9. The highest BCUT2D eigenvalue weighted by atomic mass is 35.5. The lowest BCUT2D eigenvalue weighted by molar-refractivity contribution is 0.0746. The SMILES string of the molecule is CCOc1c(Cl)cc(C(=O)N2CCN(c3ccccc3)CC2)cc1OC. The first-order valence-corrected chi connectivity index (χ1v) is 9.11. The Morgan fingerprint density at radius 3 is 2.42 bits per heavy atom. The van der Waals surface area contributed by atoms with Crippen LogP contribution in [0.25, 0.3) is 0 Å². The van der Waals surface area contributed by atoms with Crippen LogP contribution >= 0.6 is 11.6 Å². The maximum atomic E-state index is 12.9. The molecule has 138 valence electrons. The number of hydrogen-bond acceptors (Lipinski definition) is 4. The van der Waals surface area contributed by atoms with Gasteiger partial charge in [0.2, 0.25) is 0 Å². The number of anilines is 1. The lowest BCUT2D eigenvalue weighted by atomic mass is 10.1. The van der Waals surface area contributed by atoms with Crippen LogP contribution in [0.1, 0.15) is 17.3 Å². The second-order valence-corrected chi connectivity index (χ2v) is 6.44. The lowest BCUT2D eigenvalue weighted by Crippen LogP contribution is -2.48. The molecule has 1 fully saturated rings. The Bertz CT molecular complexity index is 759. The van der Waals surface area contributed by atoms with Crippen molar-refractivity contribution in [2.45, 2.75) is 6.92 Å². The molecule has 5 nitrogen and oxygen atoms in total. The largest absolute Gasteiger partial charge is 0.493 e. The number of methoxy groups -OCH3 is 1. The zero-order chi connectivity index (χ0) is 18.5. The Balaban J connectivity index is 1.71. The minimum absolute atomic E-state index is 0.0408. The fraction of sp³-hybridized carbons (Fsp3) is 0.350. The van der Waals surface area contributed by atoms with Gasteiger partial charge >= 0.3 is 0 Å². The minimum atomic E-state index is -0.0408. The highest BCUT2D eigenvalue weighted by Gasteiger charge is 2.24. The van der Waals surface area contributed by atoms with Crippen LogP contribution in [-0.4, -0.2) is 50.7 Å². The van der Waals surface area contributed by atoms with E-state index in [1.54, 1.807) is 19.2 Å². The average molecular weight is 375 g/mol. The third-order valence-electron chi connectivity index (χ3n) is 4.45. The van der Waals surface area contributed by atoms with E-state index in [0.29, 0.717) is 41.8 Å². The number of rotatable bonds is 5. The van der Waals surface area contributed by atoms with Crippen molar-refractivity contribution < 1.29 is 14.3 Å². The van der Waals surface area contributed by atoms with Gasteiger partial charge < -0.3 is 19.3 Å². The molecular formula is C20H23ClN2O3. The summed E-state index contributed by atoms with van der Waals surface area (Å²) in [6.45, 7) is 5.29. The molecule has 1 amide bonds. The van der Waals surface area contributed by atoms with Crippen LogP contribution in [0, 0.1) is 0 Å². The molecule has 1 aliphatic heterocycles. The molecule has 1 aliphatic rings. The smallest absolute Gasteiger partial charge is 0.254 e. The number of ether oxygens (including phenoxy) is 2. The number of hydrogen-bond donors (Lipinski definition) is 0. The van der Waals surface area contributed by atoms with Crippen LogP contribution in [-0.2, 0) is 0 Å². The van der Waals surface area contributed by atoms with Crippen molar-refractivity contribution in [3.63, 3.8) is 0 Å². The summed E-state index contributed by atoms with van der Waals surface area (Å²) in [6.07, 6.45) is 0. The second kappa shape index (κ2) is 8.32.